The summed E-state index contributed by atoms with van der Waals surface area (Å²) in [5.41, 5.74) is -0.377. The first-order valence-electron chi connectivity index (χ1n) is 6.15. The van der Waals surface area contributed by atoms with Crippen molar-refractivity contribution in [3.8, 4) is 0 Å². The fourth-order valence-electron chi connectivity index (χ4n) is 2.67. The molecule has 2 saturated carbocycles. The highest BCUT2D eigenvalue weighted by Crippen LogP contribution is 2.31. The van der Waals surface area contributed by atoms with E-state index in [1.54, 1.807) is 0 Å². The van der Waals surface area contributed by atoms with Crippen LogP contribution >= 0.6 is 0 Å². The van der Waals surface area contributed by atoms with Gasteiger partial charge < -0.3 is 10.4 Å². The van der Waals surface area contributed by atoms with E-state index in [2.05, 4.69) is 12.2 Å². The first kappa shape index (κ1) is 10.4. The van der Waals surface area contributed by atoms with Crippen LogP contribution in [-0.2, 0) is 0 Å². The summed E-state index contributed by atoms with van der Waals surface area (Å²) in [5, 5.41) is 13.7. The van der Waals surface area contributed by atoms with Crippen LogP contribution in [0.1, 0.15) is 51.9 Å². The van der Waals surface area contributed by atoms with Crippen LogP contribution in [0.15, 0.2) is 0 Å². The summed E-state index contributed by atoms with van der Waals surface area (Å²) in [7, 11) is 0. The van der Waals surface area contributed by atoms with Gasteiger partial charge in [0.05, 0.1) is 5.60 Å². The molecule has 0 aromatic carbocycles. The van der Waals surface area contributed by atoms with Crippen LogP contribution in [0.2, 0.25) is 0 Å². The summed E-state index contributed by atoms with van der Waals surface area (Å²) in [6.07, 6.45) is 8.57. The zero-order chi connectivity index (χ0) is 10.0. The molecule has 2 aliphatic carbocycles. The zero-order valence-electron chi connectivity index (χ0n) is 9.26. The van der Waals surface area contributed by atoms with Crippen molar-refractivity contribution in [3.63, 3.8) is 0 Å². The van der Waals surface area contributed by atoms with Crippen LogP contribution in [0, 0.1) is 5.92 Å². The molecule has 14 heavy (non-hydrogen) atoms. The highest BCUT2D eigenvalue weighted by molar-refractivity contribution is 4.88. The Morgan fingerprint density at radius 1 is 1.29 bits per heavy atom. The highest BCUT2D eigenvalue weighted by Gasteiger charge is 2.32. The van der Waals surface area contributed by atoms with Gasteiger partial charge in [0.25, 0.3) is 0 Å². The zero-order valence-corrected chi connectivity index (χ0v) is 9.26. The maximum atomic E-state index is 10.2. The van der Waals surface area contributed by atoms with Crippen molar-refractivity contribution in [1.82, 2.24) is 5.32 Å². The molecule has 2 rings (SSSR count). The van der Waals surface area contributed by atoms with Gasteiger partial charge in [-0.05, 0) is 38.5 Å². The Kier molecular flexibility index (Phi) is 3.13. The molecule has 2 heteroatoms. The molecule has 0 aromatic heterocycles. The van der Waals surface area contributed by atoms with E-state index in [-0.39, 0.29) is 5.60 Å². The Morgan fingerprint density at radius 3 is 2.43 bits per heavy atom. The quantitative estimate of drug-likeness (QED) is 0.723. The average Bonchev–Trinajstić information content (AvgIpc) is 2.47. The predicted molar refractivity (Wildman–Crippen MR) is 58.2 cm³/mol. The molecule has 82 valence electrons. The van der Waals surface area contributed by atoms with Gasteiger partial charge in [0.2, 0.25) is 0 Å². The van der Waals surface area contributed by atoms with Crippen molar-refractivity contribution in [2.45, 2.75) is 63.5 Å². The molecule has 0 heterocycles. The first-order chi connectivity index (χ1) is 6.70. The van der Waals surface area contributed by atoms with Gasteiger partial charge in [-0.25, -0.2) is 0 Å². The minimum Gasteiger partial charge on any atom is -0.389 e. The van der Waals surface area contributed by atoms with Crippen LogP contribution in [0.5, 0.6) is 0 Å². The number of hydrogen-bond donors (Lipinski definition) is 2. The largest absolute Gasteiger partial charge is 0.389 e. The summed E-state index contributed by atoms with van der Waals surface area (Å²) >= 11 is 0. The number of nitrogens with one attached hydrogen (secondary N) is 1. The molecule has 1 unspecified atom stereocenters. The van der Waals surface area contributed by atoms with Gasteiger partial charge in [-0.3, -0.25) is 0 Å². The van der Waals surface area contributed by atoms with Gasteiger partial charge in [-0.15, -0.1) is 0 Å². The maximum Gasteiger partial charge on any atom is 0.0771 e. The van der Waals surface area contributed by atoms with E-state index >= 15 is 0 Å². The molecule has 0 radical (unpaired) electrons. The van der Waals surface area contributed by atoms with E-state index in [1.807, 2.05) is 0 Å². The van der Waals surface area contributed by atoms with E-state index in [0.29, 0.717) is 6.04 Å². The lowest BCUT2D eigenvalue weighted by molar-refractivity contribution is 0.0411. The van der Waals surface area contributed by atoms with Gasteiger partial charge in [-0.2, -0.15) is 0 Å². The van der Waals surface area contributed by atoms with Crippen LogP contribution in [-0.4, -0.2) is 23.3 Å². The van der Waals surface area contributed by atoms with Crippen LogP contribution in [0.4, 0.5) is 0 Å². The van der Waals surface area contributed by atoms with E-state index in [4.69, 9.17) is 0 Å². The van der Waals surface area contributed by atoms with Gasteiger partial charge >= 0.3 is 0 Å². The molecule has 2 fully saturated rings. The van der Waals surface area contributed by atoms with Crippen molar-refractivity contribution < 1.29 is 5.11 Å². The second-order valence-electron chi connectivity index (χ2n) is 5.29. The Bertz CT molecular complexity index is 183. The van der Waals surface area contributed by atoms with Gasteiger partial charge in [0, 0.05) is 12.6 Å². The van der Waals surface area contributed by atoms with Gasteiger partial charge in [0.1, 0.15) is 0 Å². The average molecular weight is 197 g/mol. The fourth-order valence-corrected chi connectivity index (χ4v) is 2.67. The summed E-state index contributed by atoms with van der Waals surface area (Å²) in [5.74, 6) is 0.875. The number of aliphatic hydroxyl groups is 1. The summed E-state index contributed by atoms with van der Waals surface area (Å²) in [6.45, 7) is 3.08. The van der Waals surface area contributed by atoms with Crippen LogP contribution < -0.4 is 5.32 Å². The minimum absolute atomic E-state index is 0.377. The number of hydrogen-bond acceptors (Lipinski definition) is 2. The van der Waals surface area contributed by atoms with Gasteiger partial charge in [0.15, 0.2) is 0 Å². The predicted octanol–water partition coefficient (Wildman–Crippen LogP) is 2.07. The molecule has 0 saturated heterocycles. The number of rotatable bonds is 4. The van der Waals surface area contributed by atoms with Gasteiger partial charge in [-0.1, -0.05) is 19.3 Å². The molecule has 2 aliphatic rings. The lowest BCUT2D eigenvalue weighted by atomic mass is 9.80. The second-order valence-corrected chi connectivity index (χ2v) is 5.29. The molecule has 2 N–H and O–H groups in total. The maximum absolute atomic E-state index is 10.2. The minimum atomic E-state index is -0.377. The molecular weight excluding hydrogens is 174 g/mol. The molecule has 0 aliphatic heterocycles. The molecule has 2 nitrogen and oxygen atoms in total. The Balaban J connectivity index is 1.70. The van der Waals surface area contributed by atoms with Crippen LogP contribution in [0.3, 0.4) is 0 Å². The molecule has 0 amide bonds. The van der Waals surface area contributed by atoms with E-state index in [1.165, 1.54) is 32.1 Å². The molecule has 0 bridgehead atoms. The van der Waals surface area contributed by atoms with Crippen LogP contribution in [0.25, 0.3) is 0 Å². The van der Waals surface area contributed by atoms with Crippen molar-refractivity contribution >= 4 is 0 Å². The monoisotopic (exact) mass is 197 g/mol. The van der Waals surface area contributed by atoms with E-state index in [0.717, 1.165) is 25.3 Å². The fraction of sp³-hybridized carbons (Fsp3) is 1.00. The second kappa shape index (κ2) is 4.19. The third kappa shape index (κ3) is 2.29. The lowest BCUT2D eigenvalue weighted by Gasteiger charge is -2.34. The highest BCUT2D eigenvalue weighted by atomic mass is 16.3. The molecule has 0 spiro atoms. The SMILES string of the molecule is CC(NCC1(O)CCCC1)C1CCC1. The topological polar surface area (TPSA) is 32.3 Å². The van der Waals surface area contributed by atoms with E-state index < -0.39 is 0 Å². The first-order valence-corrected chi connectivity index (χ1v) is 6.15. The normalized spacial score (nSPS) is 28.7. The van der Waals surface area contributed by atoms with Crippen molar-refractivity contribution in [1.29, 1.82) is 0 Å². The van der Waals surface area contributed by atoms with Crippen molar-refractivity contribution in [2.24, 2.45) is 5.92 Å². The van der Waals surface area contributed by atoms with Crippen molar-refractivity contribution in [3.05, 3.63) is 0 Å². The Morgan fingerprint density at radius 2 is 1.93 bits per heavy atom. The summed E-state index contributed by atoms with van der Waals surface area (Å²) in [4.78, 5) is 0. The summed E-state index contributed by atoms with van der Waals surface area (Å²) < 4.78 is 0. The lowest BCUT2D eigenvalue weighted by Crippen LogP contribution is -2.45. The molecule has 1 atom stereocenters. The third-order valence-electron chi connectivity index (χ3n) is 4.14. The Labute approximate surface area is 87.1 Å². The standard InChI is InChI=1S/C12H23NO/c1-10(11-5-4-6-11)13-9-12(14)7-2-3-8-12/h10-11,13-14H,2-9H2,1H3. The van der Waals surface area contributed by atoms with Crippen molar-refractivity contribution in [2.75, 3.05) is 6.54 Å². The third-order valence-corrected chi connectivity index (χ3v) is 4.14. The summed E-state index contributed by atoms with van der Waals surface area (Å²) in [6, 6.07) is 0.605. The molecule has 0 aromatic rings. The smallest absolute Gasteiger partial charge is 0.0771 e. The molecular formula is C12H23NO. The Hall–Kier alpha value is -0.0800. The van der Waals surface area contributed by atoms with E-state index in [9.17, 15) is 5.11 Å².